The molecule has 3 heterocycles. The van der Waals surface area contributed by atoms with Gasteiger partial charge in [-0.1, -0.05) is 30.3 Å². The van der Waals surface area contributed by atoms with E-state index in [1.54, 1.807) is 24.0 Å². The number of rotatable bonds is 6. The maximum atomic E-state index is 4.84. The van der Waals surface area contributed by atoms with Crippen LogP contribution in [0, 0.1) is 0 Å². The highest BCUT2D eigenvalue weighted by Crippen LogP contribution is 2.22. The van der Waals surface area contributed by atoms with E-state index >= 15 is 0 Å². The minimum atomic E-state index is 0.533. The lowest BCUT2D eigenvalue weighted by Gasteiger charge is -2.23. The van der Waals surface area contributed by atoms with Crippen LogP contribution in [0.25, 0.3) is 0 Å². The fourth-order valence-corrected chi connectivity index (χ4v) is 4.15. The third-order valence-electron chi connectivity index (χ3n) is 4.53. The van der Waals surface area contributed by atoms with E-state index in [0.717, 1.165) is 26.1 Å². The first kappa shape index (κ1) is 15.5. The number of aromatic nitrogens is 4. The molecule has 1 saturated heterocycles. The molecule has 6 heteroatoms. The summed E-state index contributed by atoms with van der Waals surface area (Å²) in [5, 5.41) is 7.65. The monoisotopic (exact) mass is 339 g/mol. The van der Waals surface area contributed by atoms with Gasteiger partial charge in [0.25, 0.3) is 0 Å². The molecule has 0 N–H and O–H groups in total. The second kappa shape index (κ2) is 7.23. The zero-order valence-corrected chi connectivity index (χ0v) is 14.4. The second-order valence-electron chi connectivity index (χ2n) is 6.28. The molecule has 1 fully saturated rings. The van der Waals surface area contributed by atoms with Crippen LogP contribution in [0.3, 0.4) is 0 Å². The third-order valence-corrected chi connectivity index (χ3v) is 5.42. The summed E-state index contributed by atoms with van der Waals surface area (Å²) in [4.78, 5) is 11.4. The molecule has 1 atom stereocenters. The van der Waals surface area contributed by atoms with Crippen molar-refractivity contribution in [3.05, 3.63) is 64.6 Å². The summed E-state index contributed by atoms with van der Waals surface area (Å²) in [5.41, 5.74) is 2.51. The van der Waals surface area contributed by atoms with E-state index in [-0.39, 0.29) is 0 Å². The van der Waals surface area contributed by atoms with Gasteiger partial charge in [-0.05, 0) is 24.9 Å². The first-order valence-corrected chi connectivity index (χ1v) is 9.28. The predicted molar refractivity (Wildman–Crippen MR) is 94.8 cm³/mol. The van der Waals surface area contributed by atoms with Gasteiger partial charge in [-0.2, -0.15) is 5.10 Å². The van der Waals surface area contributed by atoms with E-state index < -0.39 is 0 Å². The van der Waals surface area contributed by atoms with Crippen LogP contribution in [0.1, 0.15) is 29.1 Å². The molecule has 2 aromatic heterocycles. The van der Waals surface area contributed by atoms with Crippen molar-refractivity contribution >= 4 is 11.3 Å². The minimum Gasteiger partial charge on any atom is -0.293 e. The first-order chi connectivity index (χ1) is 11.9. The Kier molecular flexibility index (Phi) is 4.66. The molecular weight excluding hydrogens is 318 g/mol. The molecule has 0 bridgehead atoms. The topological polar surface area (TPSA) is 46.8 Å². The van der Waals surface area contributed by atoms with Crippen LogP contribution in [0.2, 0.25) is 0 Å². The molecule has 1 aliphatic heterocycles. The van der Waals surface area contributed by atoms with Crippen molar-refractivity contribution in [3.8, 4) is 0 Å². The molecule has 1 aliphatic rings. The molecule has 3 aromatic rings. The zero-order chi connectivity index (χ0) is 16.2. The highest BCUT2D eigenvalue weighted by Gasteiger charge is 2.25. The van der Waals surface area contributed by atoms with Gasteiger partial charge < -0.3 is 0 Å². The molecule has 4 rings (SSSR count). The Hall–Kier alpha value is -2.05. The van der Waals surface area contributed by atoms with Crippen molar-refractivity contribution in [1.29, 1.82) is 0 Å². The lowest BCUT2D eigenvalue weighted by atomic mass is 10.2. The second-order valence-corrected chi connectivity index (χ2v) is 7.22. The third kappa shape index (κ3) is 3.71. The van der Waals surface area contributed by atoms with E-state index in [4.69, 9.17) is 4.98 Å². The molecule has 24 heavy (non-hydrogen) atoms. The molecule has 0 radical (unpaired) electrons. The molecule has 1 aromatic carbocycles. The fraction of sp³-hybridized carbons (Fsp3) is 0.389. The quantitative estimate of drug-likeness (QED) is 0.693. The van der Waals surface area contributed by atoms with Crippen molar-refractivity contribution in [3.63, 3.8) is 0 Å². The predicted octanol–water partition coefficient (Wildman–Crippen LogP) is 2.99. The molecule has 0 aliphatic carbocycles. The molecular formula is C18H21N5S. The molecule has 5 nitrogen and oxygen atoms in total. The van der Waals surface area contributed by atoms with Crippen LogP contribution >= 0.6 is 11.3 Å². The van der Waals surface area contributed by atoms with Crippen molar-refractivity contribution in [2.45, 2.75) is 38.4 Å². The van der Waals surface area contributed by atoms with Crippen molar-refractivity contribution < 1.29 is 0 Å². The van der Waals surface area contributed by atoms with Crippen LogP contribution in [0.5, 0.6) is 0 Å². The van der Waals surface area contributed by atoms with Crippen molar-refractivity contribution in [2.75, 3.05) is 6.54 Å². The maximum Gasteiger partial charge on any atom is 0.137 e. The van der Waals surface area contributed by atoms with Gasteiger partial charge >= 0.3 is 0 Å². The lowest BCUT2D eigenvalue weighted by Crippen LogP contribution is -2.32. The van der Waals surface area contributed by atoms with E-state index in [1.165, 1.54) is 29.1 Å². The van der Waals surface area contributed by atoms with Crippen LogP contribution in [-0.2, 0) is 19.5 Å². The number of hydrogen-bond donors (Lipinski definition) is 0. The number of likely N-dealkylation sites (tertiary alicyclic amines) is 1. The minimum absolute atomic E-state index is 0.533. The molecule has 124 valence electrons. The maximum absolute atomic E-state index is 4.84. The summed E-state index contributed by atoms with van der Waals surface area (Å²) >= 11 is 1.77. The average molecular weight is 339 g/mol. The Labute approximate surface area is 146 Å². The summed E-state index contributed by atoms with van der Waals surface area (Å²) in [5.74, 6) is 0. The normalized spacial score (nSPS) is 18.2. The van der Waals surface area contributed by atoms with Gasteiger partial charge in [-0.15, -0.1) is 11.3 Å². The number of thiazole rings is 1. The summed E-state index contributed by atoms with van der Waals surface area (Å²) in [6.45, 7) is 3.00. The molecule has 0 saturated carbocycles. The largest absolute Gasteiger partial charge is 0.293 e. The molecule has 0 amide bonds. The van der Waals surface area contributed by atoms with Gasteiger partial charge in [0.05, 0.1) is 17.2 Å². The Morgan fingerprint density at radius 2 is 2.12 bits per heavy atom. The molecule has 0 spiro atoms. The standard InChI is InChI=1S/C18H21N5S/c1-2-5-15(6-3-1)9-18-21-16(12-24-18)10-22-8-4-7-17(22)11-23-14-19-13-20-23/h1-3,5-6,12-14,17H,4,7-11H2/t17-/m1/s1. The van der Waals surface area contributed by atoms with E-state index in [1.807, 2.05) is 4.68 Å². The zero-order valence-electron chi connectivity index (χ0n) is 13.6. The van der Waals surface area contributed by atoms with Crippen LogP contribution in [0.15, 0.2) is 48.4 Å². The van der Waals surface area contributed by atoms with Crippen LogP contribution in [0.4, 0.5) is 0 Å². The highest BCUT2D eigenvalue weighted by molar-refractivity contribution is 7.09. The van der Waals surface area contributed by atoms with Crippen molar-refractivity contribution in [1.82, 2.24) is 24.6 Å². The lowest BCUT2D eigenvalue weighted by molar-refractivity contribution is 0.217. The summed E-state index contributed by atoms with van der Waals surface area (Å²) in [7, 11) is 0. The van der Waals surface area contributed by atoms with Gasteiger partial charge in [0.15, 0.2) is 0 Å². The van der Waals surface area contributed by atoms with Gasteiger partial charge in [-0.3, -0.25) is 9.58 Å². The van der Waals surface area contributed by atoms with E-state index in [9.17, 15) is 0 Å². The van der Waals surface area contributed by atoms with Crippen LogP contribution < -0.4 is 0 Å². The number of nitrogens with zero attached hydrogens (tertiary/aromatic N) is 5. The van der Waals surface area contributed by atoms with Gasteiger partial charge in [0, 0.05) is 24.4 Å². The fourth-order valence-electron chi connectivity index (χ4n) is 3.33. The molecule has 0 unspecified atom stereocenters. The summed E-state index contributed by atoms with van der Waals surface area (Å²) in [6, 6.07) is 11.1. The van der Waals surface area contributed by atoms with Gasteiger partial charge in [0.2, 0.25) is 0 Å². The first-order valence-electron chi connectivity index (χ1n) is 8.40. The Balaban J connectivity index is 1.38. The summed E-state index contributed by atoms with van der Waals surface area (Å²) < 4.78 is 1.94. The van der Waals surface area contributed by atoms with Crippen LogP contribution in [-0.4, -0.2) is 37.2 Å². The smallest absolute Gasteiger partial charge is 0.137 e. The van der Waals surface area contributed by atoms with Gasteiger partial charge in [-0.25, -0.2) is 9.97 Å². The Bertz CT molecular complexity index is 753. The van der Waals surface area contributed by atoms with Crippen molar-refractivity contribution in [2.24, 2.45) is 0 Å². The Morgan fingerprint density at radius 1 is 1.21 bits per heavy atom. The van der Waals surface area contributed by atoms with E-state index in [0.29, 0.717) is 6.04 Å². The number of benzene rings is 1. The number of hydrogen-bond acceptors (Lipinski definition) is 5. The Morgan fingerprint density at radius 3 is 2.96 bits per heavy atom. The summed E-state index contributed by atoms with van der Waals surface area (Å²) in [6.07, 6.45) is 6.81. The van der Waals surface area contributed by atoms with Gasteiger partial charge in [0.1, 0.15) is 12.7 Å². The SMILES string of the molecule is c1ccc(Cc2nc(CN3CCC[C@@H]3Cn3cncn3)cs2)cc1. The van der Waals surface area contributed by atoms with E-state index in [2.05, 4.69) is 50.7 Å². The average Bonchev–Trinajstić information content (AvgIpc) is 3.34. The highest BCUT2D eigenvalue weighted by atomic mass is 32.1.